The zero-order valence-corrected chi connectivity index (χ0v) is 21.1. The summed E-state index contributed by atoms with van der Waals surface area (Å²) in [5, 5.41) is 36.0. The summed E-state index contributed by atoms with van der Waals surface area (Å²) in [7, 11) is 0. The first-order valence-electron chi connectivity index (χ1n) is 13.4. The second-order valence-electron chi connectivity index (χ2n) is 13.0. The number of fused-ring (bicyclic) bond motifs is 5. The Bertz CT molecular complexity index is 930. The molecule has 4 aliphatic carbocycles. The van der Waals surface area contributed by atoms with Gasteiger partial charge in [0.2, 0.25) is 0 Å². The van der Waals surface area contributed by atoms with Crippen LogP contribution < -0.4 is 0 Å². The quantitative estimate of drug-likeness (QED) is 0.648. The molecule has 0 amide bonds. The van der Waals surface area contributed by atoms with Gasteiger partial charge in [-0.3, -0.25) is 4.68 Å². The van der Waals surface area contributed by atoms with Gasteiger partial charge >= 0.3 is 0 Å². The molecule has 0 aromatic carbocycles. The molecule has 1 aromatic heterocycles. The monoisotopic (exact) mass is 453 g/mol. The van der Waals surface area contributed by atoms with Crippen molar-refractivity contribution >= 4 is 0 Å². The third-order valence-corrected chi connectivity index (χ3v) is 11.3. The van der Waals surface area contributed by atoms with Gasteiger partial charge in [0, 0.05) is 6.20 Å². The molecule has 4 saturated carbocycles. The van der Waals surface area contributed by atoms with E-state index in [0.717, 1.165) is 31.1 Å². The molecular weight excluding hydrogens is 410 g/mol. The summed E-state index contributed by atoms with van der Waals surface area (Å²) in [5.41, 5.74) is -0.185. The standard InChI is InChI=1S/C28H43N3O2/c1-5-28-13-12-25(2,32)14-20(28)6-7-21-22-8-9-24(26(22,3)11-10-23(21)28)27(4,33)18-31-17-19(15-29)16-30-31/h16-17,20-24,32-33H,5-14,18H2,1-4H3/t20-,21+,22+,23+,24?,25-,26+,27+,28+/m1/s1. The predicted molar refractivity (Wildman–Crippen MR) is 128 cm³/mol. The third-order valence-electron chi connectivity index (χ3n) is 11.3. The van der Waals surface area contributed by atoms with E-state index >= 15 is 0 Å². The lowest BCUT2D eigenvalue weighted by atomic mass is 9.42. The summed E-state index contributed by atoms with van der Waals surface area (Å²) in [6.07, 6.45) is 15.1. The number of hydrogen-bond donors (Lipinski definition) is 2. The molecule has 5 rings (SSSR count). The van der Waals surface area contributed by atoms with Gasteiger partial charge in [0.1, 0.15) is 6.07 Å². The van der Waals surface area contributed by atoms with Gasteiger partial charge in [0.05, 0.1) is 29.5 Å². The molecule has 2 N–H and O–H groups in total. The number of nitriles is 1. The maximum atomic E-state index is 11.7. The van der Waals surface area contributed by atoms with Crippen molar-refractivity contribution in [1.82, 2.24) is 9.78 Å². The number of aliphatic hydroxyl groups is 2. The highest BCUT2D eigenvalue weighted by Crippen LogP contribution is 2.69. The van der Waals surface area contributed by atoms with Gasteiger partial charge in [-0.25, -0.2) is 0 Å². The van der Waals surface area contributed by atoms with Crippen molar-refractivity contribution < 1.29 is 10.2 Å². The van der Waals surface area contributed by atoms with Gasteiger partial charge in [0.25, 0.3) is 0 Å². The number of hydrogen-bond acceptors (Lipinski definition) is 4. The van der Waals surface area contributed by atoms with Crippen molar-refractivity contribution in [2.45, 2.75) is 110 Å². The second kappa shape index (κ2) is 7.82. The highest BCUT2D eigenvalue weighted by Gasteiger charge is 2.63. The van der Waals surface area contributed by atoms with Gasteiger partial charge in [-0.2, -0.15) is 10.4 Å². The van der Waals surface area contributed by atoms with Crippen LogP contribution in [-0.4, -0.2) is 31.2 Å². The van der Waals surface area contributed by atoms with Crippen molar-refractivity contribution in [3.63, 3.8) is 0 Å². The molecule has 4 fully saturated rings. The fourth-order valence-electron chi connectivity index (χ4n) is 9.91. The molecule has 0 spiro atoms. The van der Waals surface area contributed by atoms with E-state index in [1.54, 1.807) is 17.1 Å². The zero-order valence-electron chi connectivity index (χ0n) is 21.1. The Morgan fingerprint density at radius 2 is 1.94 bits per heavy atom. The van der Waals surface area contributed by atoms with Crippen molar-refractivity contribution in [2.75, 3.05) is 0 Å². The van der Waals surface area contributed by atoms with Crippen LogP contribution in [0.2, 0.25) is 0 Å². The molecule has 182 valence electrons. The van der Waals surface area contributed by atoms with Gasteiger partial charge in [-0.05, 0) is 118 Å². The Kier molecular flexibility index (Phi) is 5.54. The van der Waals surface area contributed by atoms with E-state index in [4.69, 9.17) is 5.26 Å². The molecule has 5 nitrogen and oxygen atoms in total. The normalized spacial score (nSPS) is 46.5. The van der Waals surface area contributed by atoms with E-state index in [9.17, 15) is 10.2 Å². The summed E-state index contributed by atoms with van der Waals surface area (Å²) in [6.45, 7) is 9.38. The van der Waals surface area contributed by atoms with Crippen LogP contribution in [0.3, 0.4) is 0 Å². The molecule has 33 heavy (non-hydrogen) atoms. The maximum Gasteiger partial charge on any atom is 0.102 e. The molecule has 9 atom stereocenters. The Labute approximate surface area is 199 Å². The van der Waals surface area contributed by atoms with Crippen LogP contribution in [0.1, 0.15) is 97.5 Å². The minimum Gasteiger partial charge on any atom is -0.390 e. The maximum absolute atomic E-state index is 11.7. The van der Waals surface area contributed by atoms with Crippen LogP contribution in [-0.2, 0) is 6.54 Å². The largest absolute Gasteiger partial charge is 0.390 e. The van der Waals surface area contributed by atoms with E-state index in [1.807, 2.05) is 6.92 Å². The van der Waals surface area contributed by atoms with Crippen LogP contribution in [0, 0.1) is 51.8 Å². The van der Waals surface area contributed by atoms with Crippen LogP contribution in [0.4, 0.5) is 0 Å². The van der Waals surface area contributed by atoms with Crippen molar-refractivity contribution in [3.05, 3.63) is 18.0 Å². The fraction of sp³-hybridized carbons (Fsp3) is 0.857. The lowest BCUT2D eigenvalue weighted by Gasteiger charge is -2.63. The number of rotatable bonds is 4. The molecule has 1 unspecified atom stereocenters. The smallest absolute Gasteiger partial charge is 0.102 e. The van der Waals surface area contributed by atoms with E-state index < -0.39 is 11.2 Å². The van der Waals surface area contributed by atoms with Gasteiger partial charge in [-0.15, -0.1) is 0 Å². The van der Waals surface area contributed by atoms with Gasteiger partial charge < -0.3 is 10.2 Å². The minimum atomic E-state index is -0.835. The molecule has 4 aliphatic rings. The molecule has 1 heterocycles. The van der Waals surface area contributed by atoms with E-state index in [0.29, 0.717) is 29.4 Å². The molecule has 1 aromatic rings. The lowest BCUT2D eigenvalue weighted by molar-refractivity contribution is -0.166. The summed E-state index contributed by atoms with van der Waals surface area (Å²) >= 11 is 0. The van der Waals surface area contributed by atoms with E-state index in [-0.39, 0.29) is 11.3 Å². The Morgan fingerprint density at radius 3 is 2.64 bits per heavy atom. The number of nitrogens with zero attached hydrogens (tertiary/aromatic N) is 3. The molecule has 0 saturated heterocycles. The van der Waals surface area contributed by atoms with Crippen LogP contribution in [0.5, 0.6) is 0 Å². The summed E-state index contributed by atoms with van der Waals surface area (Å²) in [6, 6.07) is 2.14. The summed E-state index contributed by atoms with van der Waals surface area (Å²) < 4.78 is 1.76. The van der Waals surface area contributed by atoms with E-state index in [1.165, 1.54) is 44.9 Å². The molecular formula is C28H43N3O2. The summed E-state index contributed by atoms with van der Waals surface area (Å²) in [5.74, 6) is 3.16. The SMILES string of the molecule is CC[C@]12CC[C@@](C)(O)C[C@H]1CC[C@@H]1[C@@H]2CC[C@]2(C)C([C@@](C)(O)Cn3cc(C#N)cn3)CC[C@@H]12. The Balaban J connectivity index is 1.38. The van der Waals surface area contributed by atoms with Crippen LogP contribution in [0.15, 0.2) is 12.4 Å². The topological polar surface area (TPSA) is 82.1 Å². The van der Waals surface area contributed by atoms with Crippen molar-refractivity contribution in [1.29, 1.82) is 5.26 Å². The molecule has 5 heteroatoms. The molecule has 0 aliphatic heterocycles. The number of aromatic nitrogens is 2. The molecule has 0 bridgehead atoms. The fourth-order valence-corrected chi connectivity index (χ4v) is 9.91. The van der Waals surface area contributed by atoms with Gasteiger partial charge in [0.15, 0.2) is 0 Å². The first-order chi connectivity index (χ1) is 15.5. The first kappa shape index (κ1) is 23.4. The van der Waals surface area contributed by atoms with Crippen molar-refractivity contribution in [3.8, 4) is 6.07 Å². The predicted octanol–water partition coefficient (Wildman–Crippen LogP) is 5.31. The van der Waals surface area contributed by atoms with Crippen LogP contribution >= 0.6 is 0 Å². The zero-order chi connectivity index (χ0) is 23.6. The highest BCUT2D eigenvalue weighted by atomic mass is 16.3. The lowest BCUT2D eigenvalue weighted by Crippen LogP contribution is -2.57. The average Bonchev–Trinajstić information content (AvgIpc) is 3.36. The molecule has 0 radical (unpaired) electrons. The van der Waals surface area contributed by atoms with Crippen molar-refractivity contribution in [2.24, 2.45) is 40.4 Å². The second-order valence-corrected chi connectivity index (χ2v) is 13.0. The first-order valence-corrected chi connectivity index (χ1v) is 13.4. The highest BCUT2D eigenvalue weighted by molar-refractivity contribution is 5.22. The Morgan fingerprint density at radius 1 is 1.15 bits per heavy atom. The minimum absolute atomic E-state index is 0.164. The van der Waals surface area contributed by atoms with Gasteiger partial charge in [-0.1, -0.05) is 13.8 Å². The van der Waals surface area contributed by atoms with E-state index in [2.05, 4.69) is 31.9 Å². The van der Waals surface area contributed by atoms with Crippen LogP contribution in [0.25, 0.3) is 0 Å². The third kappa shape index (κ3) is 3.59. The average molecular weight is 454 g/mol. The summed E-state index contributed by atoms with van der Waals surface area (Å²) in [4.78, 5) is 0. The Hall–Kier alpha value is -1.38.